The minimum Gasteiger partial charge on any atom is -0.494 e. The number of unbranched alkanes of at least 4 members (excludes halogenated alkanes) is 1. The molecule has 140 valence electrons. The molecule has 4 nitrogen and oxygen atoms in total. The van der Waals surface area contributed by atoms with Crippen LogP contribution in [0.15, 0.2) is 53.9 Å². The number of benzene rings is 2. The Hall–Kier alpha value is -2.15. The van der Waals surface area contributed by atoms with Crippen molar-refractivity contribution in [2.75, 3.05) is 17.2 Å². The number of hydrogen-bond donors (Lipinski definition) is 2. The van der Waals surface area contributed by atoms with Crippen LogP contribution in [0.1, 0.15) is 19.8 Å². The van der Waals surface area contributed by atoms with Gasteiger partial charge in [-0.2, -0.15) is 0 Å². The first-order valence-electron chi connectivity index (χ1n) is 8.66. The lowest BCUT2D eigenvalue weighted by atomic mass is 10.2. The molecule has 2 aromatic carbocycles. The third kappa shape index (κ3) is 5.92. The Kier molecular flexibility index (Phi) is 7.04. The van der Waals surface area contributed by atoms with E-state index in [9.17, 15) is 0 Å². The number of thiazole rings is 1. The molecular weight excluding hydrogens is 398 g/mol. The molecule has 0 unspecified atom stereocenters. The minimum atomic E-state index is 0.492. The summed E-state index contributed by atoms with van der Waals surface area (Å²) in [6, 6.07) is 15.3. The highest BCUT2D eigenvalue weighted by atomic mass is 35.5. The Morgan fingerprint density at radius 2 is 1.85 bits per heavy atom. The molecule has 3 rings (SSSR count). The van der Waals surface area contributed by atoms with E-state index in [4.69, 9.17) is 28.6 Å². The maximum atomic E-state index is 5.93. The molecule has 0 aliphatic rings. The maximum Gasteiger partial charge on any atom is 0.189 e. The van der Waals surface area contributed by atoms with E-state index < -0.39 is 0 Å². The van der Waals surface area contributed by atoms with E-state index in [2.05, 4.69) is 22.5 Å². The van der Waals surface area contributed by atoms with Crippen molar-refractivity contribution < 1.29 is 4.74 Å². The van der Waals surface area contributed by atoms with E-state index in [0.29, 0.717) is 10.1 Å². The van der Waals surface area contributed by atoms with Crippen LogP contribution in [-0.2, 0) is 0 Å². The maximum absolute atomic E-state index is 5.93. The fourth-order valence-electron chi connectivity index (χ4n) is 2.31. The van der Waals surface area contributed by atoms with Crippen molar-refractivity contribution in [1.82, 2.24) is 4.98 Å². The average Bonchev–Trinajstić information content (AvgIpc) is 3.12. The molecule has 0 saturated heterocycles. The van der Waals surface area contributed by atoms with Crippen molar-refractivity contribution in [3.8, 4) is 17.0 Å². The number of thiocarbonyl (C=S) groups is 1. The molecule has 0 aliphatic heterocycles. The van der Waals surface area contributed by atoms with Gasteiger partial charge in [0.2, 0.25) is 0 Å². The van der Waals surface area contributed by atoms with Crippen molar-refractivity contribution >= 4 is 51.1 Å². The van der Waals surface area contributed by atoms with Gasteiger partial charge in [-0.1, -0.05) is 37.1 Å². The molecule has 1 heterocycles. The van der Waals surface area contributed by atoms with Crippen molar-refractivity contribution in [3.05, 3.63) is 58.9 Å². The number of rotatable bonds is 7. The van der Waals surface area contributed by atoms with Crippen LogP contribution in [0.5, 0.6) is 5.75 Å². The number of nitrogens with zero attached hydrogens (tertiary/aromatic N) is 1. The van der Waals surface area contributed by atoms with Crippen molar-refractivity contribution in [2.24, 2.45) is 0 Å². The summed E-state index contributed by atoms with van der Waals surface area (Å²) in [6.45, 7) is 2.88. The number of halogens is 1. The molecule has 0 bridgehead atoms. The predicted molar refractivity (Wildman–Crippen MR) is 119 cm³/mol. The molecule has 2 N–H and O–H groups in total. The highest BCUT2D eigenvalue weighted by molar-refractivity contribution is 7.80. The Morgan fingerprint density at radius 3 is 2.56 bits per heavy atom. The van der Waals surface area contributed by atoms with E-state index in [1.54, 1.807) is 0 Å². The van der Waals surface area contributed by atoms with Crippen molar-refractivity contribution in [1.29, 1.82) is 0 Å². The molecule has 0 fully saturated rings. The van der Waals surface area contributed by atoms with Crippen LogP contribution in [0.2, 0.25) is 5.02 Å². The Balaban J connectivity index is 1.54. The zero-order valence-electron chi connectivity index (χ0n) is 14.9. The standard InChI is InChI=1S/C20H20ClN3OS2/c1-2-3-12-25-17-10-8-16(9-11-17)22-19(26)24-20-23-18(13-27-20)14-4-6-15(21)7-5-14/h4-11,13H,2-3,12H2,1H3,(H2,22,23,24,26). The largest absolute Gasteiger partial charge is 0.494 e. The van der Waals surface area contributed by atoms with Crippen LogP contribution in [0.3, 0.4) is 0 Å². The van der Waals surface area contributed by atoms with Crippen LogP contribution in [0.4, 0.5) is 10.8 Å². The summed E-state index contributed by atoms with van der Waals surface area (Å²) in [7, 11) is 0. The number of nitrogens with one attached hydrogen (secondary N) is 2. The fraction of sp³-hybridized carbons (Fsp3) is 0.200. The zero-order chi connectivity index (χ0) is 19.1. The van der Waals surface area contributed by atoms with Gasteiger partial charge in [0.25, 0.3) is 0 Å². The quantitative estimate of drug-likeness (QED) is 0.341. The summed E-state index contributed by atoms with van der Waals surface area (Å²) in [5.74, 6) is 0.861. The summed E-state index contributed by atoms with van der Waals surface area (Å²) in [4.78, 5) is 4.56. The highest BCUT2D eigenvalue weighted by Gasteiger charge is 2.06. The van der Waals surface area contributed by atoms with Crippen LogP contribution >= 0.6 is 35.2 Å². The molecule has 0 saturated carbocycles. The van der Waals surface area contributed by atoms with Crippen LogP contribution < -0.4 is 15.4 Å². The van der Waals surface area contributed by atoms with Crippen LogP contribution in [-0.4, -0.2) is 16.7 Å². The van der Waals surface area contributed by atoms with Gasteiger partial charge >= 0.3 is 0 Å². The summed E-state index contributed by atoms with van der Waals surface area (Å²) < 4.78 is 5.66. The lowest BCUT2D eigenvalue weighted by Crippen LogP contribution is -2.18. The van der Waals surface area contributed by atoms with E-state index >= 15 is 0 Å². The minimum absolute atomic E-state index is 0.492. The van der Waals surface area contributed by atoms with Gasteiger partial charge in [-0.25, -0.2) is 4.98 Å². The second-order valence-electron chi connectivity index (χ2n) is 5.85. The Morgan fingerprint density at radius 1 is 1.11 bits per heavy atom. The molecule has 3 aromatic rings. The van der Waals surface area contributed by atoms with E-state index in [-0.39, 0.29) is 0 Å². The van der Waals surface area contributed by atoms with Crippen molar-refractivity contribution in [2.45, 2.75) is 19.8 Å². The fourth-order valence-corrected chi connectivity index (χ4v) is 3.44. The molecular formula is C20H20ClN3OS2. The monoisotopic (exact) mass is 417 g/mol. The van der Waals surface area contributed by atoms with Crippen molar-refractivity contribution in [3.63, 3.8) is 0 Å². The van der Waals surface area contributed by atoms with Gasteiger partial charge in [-0.05, 0) is 55.0 Å². The number of hydrogen-bond acceptors (Lipinski definition) is 4. The van der Waals surface area contributed by atoms with Gasteiger partial charge in [0.05, 0.1) is 12.3 Å². The number of ether oxygens (including phenoxy) is 1. The van der Waals surface area contributed by atoms with Crippen LogP contribution in [0, 0.1) is 0 Å². The van der Waals surface area contributed by atoms with Crippen LogP contribution in [0.25, 0.3) is 11.3 Å². The molecule has 7 heteroatoms. The zero-order valence-corrected chi connectivity index (χ0v) is 17.3. The highest BCUT2D eigenvalue weighted by Crippen LogP contribution is 2.26. The number of anilines is 2. The Bertz CT molecular complexity index is 879. The van der Waals surface area contributed by atoms with Gasteiger partial charge in [0, 0.05) is 21.7 Å². The average molecular weight is 418 g/mol. The smallest absolute Gasteiger partial charge is 0.189 e. The first kappa shape index (κ1) is 19.6. The molecule has 1 aromatic heterocycles. The molecule has 0 atom stereocenters. The lowest BCUT2D eigenvalue weighted by molar-refractivity contribution is 0.309. The summed E-state index contributed by atoms with van der Waals surface area (Å²) in [5, 5.41) is 10.2. The third-order valence-electron chi connectivity index (χ3n) is 3.74. The normalized spacial score (nSPS) is 10.4. The topological polar surface area (TPSA) is 46.2 Å². The summed E-state index contributed by atoms with van der Waals surface area (Å²) in [6.07, 6.45) is 2.18. The second kappa shape index (κ2) is 9.69. The lowest BCUT2D eigenvalue weighted by Gasteiger charge is -2.10. The van der Waals surface area contributed by atoms with E-state index in [1.165, 1.54) is 11.3 Å². The third-order valence-corrected chi connectivity index (χ3v) is 4.96. The SMILES string of the molecule is CCCCOc1ccc(NC(=S)Nc2nc(-c3ccc(Cl)cc3)cs2)cc1. The molecule has 0 spiro atoms. The van der Waals surface area contributed by atoms with Gasteiger partial charge < -0.3 is 15.4 Å². The Labute approximate surface area is 173 Å². The van der Waals surface area contributed by atoms with E-state index in [0.717, 1.165) is 47.3 Å². The summed E-state index contributed by atoms with van der Waals surface area (Å²) in [5.41, 5.74) is 2.79. The molecule has 0 amide bonds. The number of aromatic nitrogens is 1. The molecule has 0 radical (unpaired) electrons. The predicted octanol–water partition coefficient (Wildman–Crippen LogP) is 6.45. The first-order chi connectivity index (χ1) is 13.1. The molecule has 0 aliphatic carbocycles. The van der Waals surface area contributed by atoms with Gasteiger partial charge in [-0.3, -0.25) is 0 Å². The van der Waals surface area contributed by atoms with Gasteiger partial charge in [0.15, 0.2) is 10.2 Å². The summed E-state index contributed by atoms with van der Waals surface area (Å²) >= 11 is 12.8. The molecule has 27 heavy (non-hydrogen) atoms. The van der Waals surface area contributed by atoms with Gasteiger partial charge in [0.1, 0.15) is 5.75 Å². The van der Waals surface area contributed by atoms with E-state index in [1.807, 2.05) is 53.9 Å². The second-order valence-corrected chi connectivity index (χ2v) is 7.55. The van der Waals surface area contributed by atoms with Gasteiger partial charge in [-0.15, -0.1) is 11.3 Å². The first-order valence-corrected chi connectivity index (χ1v) is 10.3.